The molecule has 0 aliphatic carbocycles. The Morgan fingerprint density at radius 2 is 2.47 bits per heavy atom. The van der Waals surface area contributed by atoms with Crippen molar-refractivity contribution in [2.45, 2.75) is 19.8 Å². The van der Waals surface area contributed by atoms with E-state index in [1.54, 1.807) is 6.92 Å². The topological polar surface area (TPSA) is 101 Å². The van der Waals surface area contributed by atoms with Crippen LogP contribution in [0.2, 0.25) is 0 Å². The molecule has 0 amide bonds. The highest BCUT2D eigenvalue weighted by Gasteiger charge is 2.27. The van der Waals surface area contributed by atoms with Crippen molar-refractivity contribution in [3.05, 3.63) is 16.4 Å². The zero-order valence-corrected chi connectivity index (χ0v) is 10.9. The highest BCUT2D eigenvalue weighted by molar-refractivity contribution is 5.73. The summed E-state index contributed by atoms with van der Waals surface area (Å²) >= 11 is 0. The summed E-state index contributed by atoms with van der Waals surface area (Å²) in [5.74, 6) is 0.217. The van der Waals surface area contributed by atoms with Crippen LogP contribution in [0.1, 0.15) is 19.8 Å². The van der Waals surface area contributed by atoms with Crippen LogP contribution >= 0.6 is 0 Å². The van der Waals surface area contributed by atoms with Crippen molar-refractivity contribution in [3.63, 3.8) is 0 Å². The van der Waals surface area contributed by atoms with Crippen molar-refractivity contribution in [3.8, 4) is 0 Å². The molecule has 1 aromatic rings. The van der Waals surface area contributed by atoms with Gasteiger partial charge in [0.15, 0.2) is 0 Å². The fourth-order valence-corrected chi connectivity index (χ4v) is 2.23. The Hall–Kier alpha value is -2.05. The van der Waals surface area contributed by atoms with E-state index in [-0.39, 0.29) is 23.3 Å². The van der Waals surface area contributed by atoms with E-state index in [4.69, 9.17) is 10.5 Å². The van der Waals surface area contributed by atoms with Gasteiger partial charge in [0.05, 0.1) is 12.5 Å². The lowest BCUT2D eigenvalue weighted by molar-refractivity contribution is -0.148. The third kappa shape index (κ3) is 3.24. The number of anilines is 2. The van der Waals surface area contributed by atoms with Crippen molar-refractivity contribution < 1.29 is 9.53 Å². The Kier molecular flexibility index (Phi) is 4.03. The number of piperidine rings is 1. The number of H-pyrrole nitrogens is 1. The first-order valence-corrected chi connectivity index (χ1v) is 6.38. The Bertz CT molecular complexity index is 514. The van der Waals surface area contributed by atoms with Crippen LogP contribution in [0.15, 0.2) is 10.9 Å². The van der Waals surface area contributed by atoms with E-state index in [1.165, 1.54) is 6.07 Å². The molecule has 1 atom stereocenters. The molecule has 0 radical (unpaired) electrons. The molecule has 7 heteroatoms. The zero-order valence-electron chi connectivity index (χ0n) is 10.9. The molecule has 19 heavy (non-hydrogen) atoms. The molecule has 0 aromatic carbocycles. The summed E-state index contributed by atoms with van der Waals surface area (Å²) in [6, 6.07) is 1.23. The maximum atomic E-state index is 11.7. The molecule has 104 valence electrons. The molecule has 0 saturated carbocycles. The lowest BCUT2D eigenvalue weighted by atomic mass is 9.98. The Balaban J connectivity index is 2.12. The highest BCUT2D eigenvalue weighted by atomic mass is 16.5. The second kappa shape index (κ2) is 5.73. The minimum atomic E-state index is -0.291. The molecule has 1 aliphatic heterocycles. The molecule has 7 nitrogen and oxygen atoms in total. The third-order valence-electron chi connectivity index (χ3n) is 3.09. The van der Waals surface area contributed by atoms with Gasteiger partial charge in [-0.05, 0) is 19.8 Å². The lowest BCUT2D eigenvalue weighted by Gasteiger charge is -2.31. The number of nitrogens with one attached hydrogen (secondary N) is 1. The van der Waals surface area contributed by atoms with Gasteiger partial charge in [0.2, 0.25) is 5.95 Å². The van der Waals surface area contributed by atoms with E-state index in [0.717, 1.165) is 19.4 Å². The van der Waals surface area contributed by atoms with E-state index in [9.17, 15) is 9.59 Å². The van der Waals surface area contributed by atoms with Gasteiger partial charge in [-0.1, -0.05) is 0 Å². The van der Waals surface area contributed by atoms with Gasteiger partial charge in [0.1, 0.15) is 5.82 Å². The minimum absolute atomic E-state index is 0.178. The number of nitrogens with two attached hydrogens (primary N) is 1. The Labute approximate surface area is 110 Å². The summed E-state index contributed by atoms with van der Waals surface area (Å²) in [6.07, 6.45) is 1.64. The molecule has 1 fully saturated rings. The lowest BCUT2D eigenvalue weighted by Crippen LogP contribution is -2.41. The van der Waals surface area contributed by atoms with Gasteiger partial charge < -0.3 is 15.4 Å². The van der Waals surface area contributed by atoms with Crippen LogP contribution in [0.4, 0.5) is 11.8 Å². The number of aromatic amines is 1. The fraction of sp³-hybridized carbons (Fsp3) is 0.583. The smallest absolute Gasteiger partial charge is 0.310 e. The average Bonchev–Trinajstić information content (AvgIpc) is 2.38. The van der Waals surface area contributed by atoms with Crippen molar-refractivity contribution in [2.24, 2.45) is 5.92 Å². The predicted octanol–water partition coefficient (Wildman–Crippen LogP) is 0.132. The van der Waals surface area contributed by atoms with Gasteiger partial charge in [-0.25, -0.2) is 0 Å². The van der Waals surface area contributed by atoms with E-state index < -0.39 is 0 Å². The molecule has 2 heterocycles. The molecule has 2 rings (SSSR count). The monoisotopic (exact) mass is 266 g/mol. The Morgan fingerprint density at radius 3 is 3.16 bits per heavy atom. The van der Waals surface area contributed by atoms with Crippen LogP contribution in [-0.2, 0) is 9.53 Å². The minimum Gasteiger partial charge on any atom is -0.466 e. The van der Waals surface area contributed by atoms with Crippen LogP contribution in [0, 0.1) is 5.92 Å². The van der Waals surface area contributed by atoms with E-state index >= 15 is 0 Å². The number of esters is 1. The normalized spacial score (nSPS) is 19.2. The van der Waals surface area contributed by atoms with Crippen molar-refractivity contribution >= 4 is 17.7 Å². The quantitative estimate of drug-likeness (QED) is 0.754. The molecule has 1 aliphatic rings. The number of carbonyl (C=O) groups excluding carboxylic acids is 1. The van der Waals surface area contributed by atoms with E-state index in [1.807, 2.05) is 4.90 Å². The van der Waals surface area contributed by atoms with Gasteiger partial charge in [0.25, 0.3) is 5.56 Å². The number of nitrogen functional groups attached to an aromatic ring is 1. The van der Waals surface area contributed by atoms with Gasteiger partial charge >= 0.3 is 5.97 Å². The average molecular weight is 266 g/mol. The maximum absolute atomic E-state index is 11.7. The first-order chi connectivity index (χ1) is 9.10. The fourth-order valence-electron chi connectivity index (χ4n) is 2.23. The first-order valence-electron chi connectivity index (χ1n) is 6.38. The van der Waals surface area contributed by atoms with Crippen molar-refractivity contribution in [2.75, 3.05) is 30.3 Å². The van der Waals surface area contributed by atoms with E-state index in [2.05, 4.69) is 9.97 Å². The summed E-state index contributed by atoms with van der Waals surface area (Å²) in [4.78, 5) is 31.7. The molecule has 1 aromatic heterocycles. The van der Waals surface area contributed by atoms with Crippen LogP contribution < -0.4 is 16.2 Å². The molecule has 3 N–H and O–H groups in total. The molecule has 0 spiro atoms. The molecule has 0 bridgehead atoms. The largest absolute Gasteiger partial charge is 0.466 e. The molecular formula is C12H18N4O3. The van der Waals surface area contributed by atoms with Gasteiger partial charge in [-0.15, -0.1) is 0 Å². The SMILES string of the molecule is CCOC(=O)[C@@H]1CCCN(c2nc(N)cc(=O)[nH]2)C1. The van der Waals surface area contributed by atoms with Crippen LogP contribution in [0.25, 0.3) is 0 Å². The van der Waals surface area contributed by atoms with E-state index in [0.29, 0.717) is 19.1 Å². The summed E-state index contributed by atoms with van der Waals surface area (Å²) in [5, 5.41) is 0. The number of hydrogen-bond donors (Lipinski definition) is 2. The van der Waals surface area contributed by atoms with Crippen molar-refractivity contribution in [1.82, 2.24) is 9.97 Å². The van der Waals surface area contributed by atoms with Gasteiger partial charge in [-0.3, -0.25) is 14.6 Å². The summed E-state index contributed by atoms with van der Waals surface area (Å²) in [6.45, 7) is 3.39. The summed E-state index contributed by atoms with van der Waals surface area (Å²) in [7, 11) is 0. The number of aromatic nitrogens is 2. The summed E-state index contributed by atoms with van der Waals surface area (Å²) in [5.41, 5.74) is 5.27. The second-order valence-corrected chi connectivity index (χ2v) is 4.53. The number of nitrogens with zero attached hydrogens (tertiary/aromatic N) is 2. The number of ether oxygens (including phenoxy) is 1. The molecule has 0 unspecified atom stereocenters. The Morgan fingerprint density at radius 1 is 1.68 bits per heavy atom. The highest BCUT2D eigenvalue weighted by Crippen LogP contribution is 2.21. The number of carbonyl (C=O) groups is 1. The van der Waals surface area contributed by atoms with Crippen LogP contribution in [-0.4, -0.2) is 35.6 Å². The number of rotatable bonds is 3. The maximum Gasteiger partial charge on any atom is 0.310 e. The molecule has 1 saturated heterocycles. The third-order valence-corrected chi connectivity index (χ3v) is 3.09. The van der Waals surface area contributed by atoms with Gasteiger partial charge in [0, 0.05) is 19.2 Å². The van der Waals surface area contributed by atoms with Crippen molar-refractivity contribution in [1.29, 1.82) is 0 Å². The standard InChI is InChI=1S/C12H18N4O3/c1-2-19-11(18)8-4-3-5-16(7-8)12-14-9(13)6-10(17)15-12/h6,8H,2-5,7H2,1H3,(H3,13,14,15,17)/t8-/m1/s1. The van der Waals surface area contributed by atoms with Crippen LogP contribution in [0.5, 0.6) is 0 Å². The molecular weight excluding hydrogens is 248 g/mol. The summed E-state index contributed by atoms with van der Waals surface area (Å²) < 4.78 is 5.03. The van der Waals surface area contributed by atoms with Crippen LogP contribution in [0.3, 0.4) is 0 Å². The first kappa shape index (κ1) is 13.4. The zero-order chi connectivity index (χ0) is 13.8. The number of hydrogen-bond acceptors (Lipinski definition) is 6. The predicted molar refractivity (Wildman–Crippen MR) is 70.8 cm³/mol. The second-order valence-electron chi connectivity index (χ2n) is 4.53. The van der Waals surface area contributed by atoms with Gasteiger partial charge in [-0.2, -0.15) is 4.98 Å².